The second-order valence-corrected chi connectivity index (χ2v) is 8.64. The van der Waals surface area contributed by atoms with Gasteiger partial charge in [-0.25, -0.2) is 14.1 Å². The van der Waals surface area contributed by atoms with E-state index in [4.69, 9.17) is 14.6 Å². The van der Waals surface area contributed by atoms with Crippen molar-refractivity contribution in [1.29, 1.82) is 0 Å². The van der Waals surface area contributed by atoms with Crippen LogP contribution in [0.4, 0.5) is 4.39 Å². The van der Waals surface area contributed by atoms with Crippen molar-refractivity contribution in [2.75, 3.05) is 11.5 Å². The monoisotopic (exact) mass is 400 g/mol. The Morgan fingerprint density at radius 2 is 2.07 bits per heavy atom. The zero-order valence-electron chi connectivity index (χ0n) is 16.3. The third kappa shape index (κ3) is 3.99. The van der Waals surface area contributed by atoms with E-state index in [2.05, 4.69) is 19.0 Å². The van der Waals surface area contributed by atoms with Crippen LogP contribution in [0.2, 0.25) is 0 Å². The maximum absolute atomic E-state index is 14.1. The summed E-state index contributed by atoms with van der Waals surface area (Å²) in [6.45, 7) is 4.39. The first-order valence-corrected chi connectivity index (χ1v) is 11.1. The SMILES string of the molecule is CCC(C)Cc1nc(-c2cc(-c3ccccc3F)on2)n(C2CCSCC2)n1. The van der Waals surface area contributed by atoms with Crippen molar-refractivity contribution in [3.05, 3.63) is 42.0 Å². The van der Waals surface area contributed by atoms with Crippen molar-refractivity contribution in [1.82, 2.24) is 19.9 Å². The Hall–Kier alpha value is -2.15. The molecule has 7 heteroatoms. The van der Waals surface area contributed by atoms with Crippen molar-refractivity contribution in [2.24, 2.45) is 5.92 Å². The first-order valence-electron chi connectivity index (χ1n) is 9.90. The van der Waals surface area contributed by atoms with Gasteiger partial charge in [-0.15, -0.1) is 0 Å². The fourth-order valence-corrected chi connectivity index (χ4v) is 4.52. The third-order valence-electron chi connectivity index (χ3n) is 5.32. The van der Waals surface area contributed by atoms with Crippen molar-refractivity contribution in [3.8, 4) is 22.8 Å². The van der Waals surface area contributed by atoms with E-state index >= 15 is 0 Å². The van der Waals surface area contributed by atoms with Crippen LogP contribution in [0.15, 0.2) is 34.9 Å². The molecule has 28 heavy (non-hydrogen) atoms. The van der Waals surface area contributed by atoms with Gasteiger partial charge in [-0.05, 0) is 42.4 Å². The Kier molecular flexibility index (Phi) is 5.80. The summed E-state index contributed by atoms with van der Waals surface area (Å²) in [5.41, 5.74) is 1.01. The topological polar surface area (TPSA) is 56.7 Å². The van der Waals surface area contributed by atoms with Crippen LogP contribution >= 0.6 is 11.8 Å². The number of nitrogens with zero attached hydrogens (tertiary/aromatic N) is 4. The molecule has 1 saturated heterocycles. The van der Waals surface area contributed by atoms with Gasteiger partial charge in [-0.2, -0.15) is 16.9 Å². The summed E-state index contributed by atoms with van der Waals surface area (Å²) in [5.74, 6) is 4.43. The summed E-state index contributed by atoms with van der Waals surface area (Å²) < 4.78 is 21.6. The molecule has 3 aromatic rings. The smallest absolute Gasteiger partial charge is 0.180 e. The molecule has 0 amide bonds. The fraction of sp³-hybridized carbons (Fsp3) is 0.476. The van der Waals surface area contributed by atoms with E-state index in [0.29, 0.717) is 29.0 Å². The lowest BCUT2D eigenvalue weighted by atomic mass is 10.1. The average molecular weight is 401 g/mol. The van der Waals surface area contributed by atoms with Gasteiger partial charge >= 0.3 is 0 Å². The molecular formula is C21H25FN4OS. The van der Waals surface area contributed by atoms with Crippen LogP contribution in [0.1, 0.15) is 45.0 Å². The molecule has 0 radical (unpaired) electrons. The summed E-state index contributed by atoms with van der Waals surface area (Å²) in [6.07, 6.45) is 4.07. The Bertz CT molecular complexity index is 932. The molecule has 3 heterocycles. The molecule has 0 N–H and O–H groups in total. The number of thioether (sulfide) groups is 1. The van der Waals surface area contributed by atoms with E-state index in [1.54, 1.807) is 24.3 Å². The number of rotatable bonds is 6. The van der Waals surface area contributed by atoms with E-state index < -0.39 is 0 Å². The molecular weight excluding hydrogens is 375 g/mol. The summed E-state index contributed by atoms with van der Waals surface area (Å²) >= 11 is 1.98. The molecule has 0 aliphatic carbocycles. The molecule has 1 aliphatic rings. The molecule has 1 atom stereocenters. The van der Waals surface area contributed by atoms with E-state index in [9.17, 15) is 4.39 Å². The quantitative estimate of drug-likeness (QED) is 0.555. The van der Waals surface area contributed by atoms with Gasteiger partial charge in [-0.3, -0.25) is 0 Å². The molecule has 4 rings (SSSR count). The van der Waals surface area contributed by atoms with Crippen molar-refractivity contribution in [2.45, 2.75) is 45.6 Å². The molecule has 0 spiro atoms. The molecule has 148 valence electrons. The van der Waals surface area contributed by atoms with Crippen LogP contribution in [0.25, 0.3) is 22.8 Å². The van der Waals surface area contributed by atoms with Crippen LogP contribution in [-0.4, -0.2) is 31.4 Å². The largest absolute Gasteiger partial charge is 0.355 e. The van der Waals surface area contributed by atoms with Crippen molar-refractivity contribution in [3.63, 3.8) is 0 Å². The lowest BCUT2D eigenvalue weighted by molar-refractivity contribution is 0.415. The molecule has 1 fully saturated rings. The Labute approximate surface area is 168 Å². The maximum Gasteiger partial charge on any atom is 0.180 e. The number of aromatic nitrogens is 4. The lowest BCUT2D eigenvalue weighted by Gasteiger charge is -2.22. The minimum atomic E-state index is -0.326. The predicted octanol–water partition coefficient (Wildman–Crippen LogP) is 5.40. The molecule has 1 aromatic carbocycles. The highest BCUT2D eigenvalue weighted by molar-refractivity contribution is 7.99. The van der Waals surface area contributed by atoms with Gasteiger partial charge < -0.3 is 4.52 Å². The summed E-state index contributed by atoms with van der Waals surface area (Å²) in [5, 5.41) is 9.04. The third-order valence-corrected chi connectivity index (χ3v) is 6.37. The van der Waals surface area contributed by atoms with Crippen molar-refractivity contribution >= 4 is 11.8 Å². The van der Waals surface area contributed by atoms with E-state index in [1.165, 1.54) is 6.07 Å². The average Bonchev–Trinajstić information content (AvgIpc) is 3.36. The Morgan fingerprint density at radius 1 is 1.29 bits per heavy atom. The summed E-state index contributed by atoms with van der Waals surface area (Å²) in [7, 11) is 0. The molecule has 0 bridgehead atoms. The summed E-state index contributed by atoms with van der Waals surface area (Å²) in [4.78, 5) is 4.80. The van der Waals surface area contributed by atoms with Crippen LogP contribution in [0.3, 0.4) is 0 Å². The highest BCUT2D eigenvalue weighted by atomic mass is 32.2. The summed E-state index contributed by atoms with van der Waals surface area (Å²) in [6, 6.07) is 8.65. The second kappa shape index (κ2) is 8.47. The Balaban J connectivity index is 1.70. The Morgan fingerprint density at radius 3 is 2.82 bits per heavy atom. The molecule has 1 unspecified atom stereocenters. The van der Waals surface area contributed by atoms with Gasteiger partial charge in [0.1, 0.15) is 5.82 Å². The zero-order chi connectivity index (χ0) is 19.5. The standard InChI is InChI=1S/C21H25FN4OS/c1-3-14(2)12-20-23-21(26(24-20)15-8-10-28-11-9-15)18-13-19(27-25-18)16-6-4-5-7-17(16)22/h4-7,13-15H,3,8-12H2,1-2H3. The van der Waals surface area contributed by atoms with Gasteiger partial charge in [-0.1, -0.05) is 37.6 Å². The molecule has 0 saturated carbocycles. The van der Waals surface area contributed by atoms with E-state index in [0.717, 1.165) is 48.8 Å². The highest BCUT2D eigenvalue weighted by Crippen LogP contribution is 2.32. The van der Waals surface area contributed by atoms with Gasteiger partial charge in [0.05, 0.1) is 11.6 Å². The molecule has 5 nitrogen and oxygen atoms in total. The van der Waals surface area contributed by atoms with Crippen molar-refractivity contribution < 1.29 is 8.91 Å². The maximum atomic E-state index is 14.1. The first-order chi connectivity index (χ1) is 13.7. The molecule has 2 aromatic heterocycles. The van der Waals surface area contributed by atoms with Crippen LogP contribution < -0.4 is 0 Å². The fourth-order valence-electron chi connectivity index (χ4n) is 3.44. The lowest BCUT2D eigenvalue weighted by Crippen LogP contribution is -2.17. The normalized spacial score (nSPS) is 16.4. The van der Waals surface area contributed by atoms with E-state index in [1.807, 2.05) is 16.4 Å². The predicted molar refractivity (Wildman–Crippen MR) is 110 cm³/mol. The minimum absolute atomic E-state index is 0.322. The van der Waals surface area contributed by atoms with Crippen LogP contribution in [0, 0.1) is 11.7 Å². The number of hydrogen-bond donors (Lipinski definition) is 0. The van der Waals surface area contributed by atoms with Gasteiger partial charge in [0.25, 0.3) is 0 Å². The molecule has 1 aliphatic heterocycles. The van der Waals surface area contributed by atoms with E-state index in [-0.39, 0.29) is 5.82 Å². The first kappa shape index (κ1) is 19.2. The number of benzene rings is 1. The number of halogens is 1. The van der Waals surface area contributed by atoms with Crippen LogP contribution in [0.5, 0.6) is 0 Å². The van der Waals surface area contributed by atoms with Gasteiger partial charge in [0.2, 0.25) is 0 Å². The zero-order valence-corrected chi connectivity index (χ0v) is 17.1. The van der Waals surface area contributed by atoms with Crippen LogP contribution in [-0.2, 0) is 6.42 Å². The van der Waals surface area contributed by atoms with Gasteiger partial charge in [0, 0.05) is 12.5 Å². The highest BCUT2D eigenvalue weighted by Gasteiger charge is 2.25. The minimum Gasteiger partial charge on any atom is -0.355 e. The second-order valence-electron chi connectivity index (χ2n) is 7.41. The number of hydrogen-bond acceptors (Lipinski definition) is 5. The van der Waals surface area contributed by atoms with Gasteiger partial charge in [0.15, 0.2) is 23.1 Å².